The molecule has 6 heteroatoms. The lowest BCUT2D eigenvalue weighted by atomic mass is 10.0. The van der Waals surface area contributed by atoms with Gasteiger partial charge in [-0.25, -0.2) is 0 Å². The number of hydrogen-bond donors (Lipinski definition) is 1. The first-order valence-corrected chi connectivity index (χ1v) is 9.45. The average molecular weight is 345 g/mol. The molecule has 1 aromatic heterocycles. The second-order valence-corrected chi connectivity index (χ2v) is 7.49. The highest BCUT2D eigenvalue weighted by molar-refractivity contribution is 7.99. The molecule has 0 bridgehead atoms. The first kappa shape index (κ1) is 17.0. The van der Waals surface area contributed by atoms with Crippen LogP contribution in [-0.2, 0) is 11.2 Å². The molecule has 0 saturated carbocycles. The Morgan fingerprint density at radius 1 is 1.42 bits per heavy atom. The summed E-state index contributed by atoms with van der Waals surface area (Å²) >= 11 is 1.86. The fourth-order valence-corrected chi connectivity index (χ4v) is 3.89. The first-order valence-electron chi connectivity index (χ1n) is 8.47. The van der Waals surface area contributed by atoms with Gasteiger partial charge in [-0.15, -0.1) is 11.8 Å². The molecule has 0 spiro atoms. The maximum Gasteiger partial charge on any atom is 0.226 e. The van der Waals surface area contributed by atoms with Crippen LogP contribution in [0.5, 0.6) is 0 Å². The second-order valence-electron chi connectivity index (χ2n) is 6.35. The summed E-state index contributed by atoms with van der Waals surface area (Å²) in [4.78, 5) is 17.9. The third-order valence-corrected chi connectivity index (χ3v) is 5.21. The zero-order valence-corrected chi connectivity index (χ0v) is 14.9. The number of thioether (sulfide) groups is 1. The third-order valence-electron chi connectivity index (χ3n) is 4.09. The number of carbonyl (C=O) groups is 1. The highest BCUT2D eigenvalue weighted by Crippen LogP contribution is 2.35. The number of aryl methyl sites for hydroxylation is 1. The third kappa shape index (κ3) is 4.17. The van der Waals surface area contributed by atoms with Crippen molar-refractivity contribution in [2.45, 2.75) is 56.4 Å². The van der Waals surface area contributed by atoms with Crippen LogP contribution in [0.1, 0.15) is 62.3 Å². The van der Waals surface area contributed by atoms with Crippen LogP contribution in [0.15, 0.2) is 33.7 Å². The van der Waals surface area contributed by atoms with Gasteiger partial charge in [-0.3, -0.25) is 4.79 Å². The Bertz CT molecular complexity index is 699. The largest absolute Gasteiger partial charge is 0.349 e. The lowest BCUT2D eigenvalue weighted by molar-refractivity contribution is -0.122. The molecule has 1 aromatic carbocycles. The van der Waals surface area contributed by atoms with E-state index in [-0.39, 0.29) is 17.9 Å². The van der Waals surface area contributed by atoms with Crippen molar-refractivity contribution in [3.8, 4) is 0 Å². The average Bonchev–Trinajstić information content (AvgIpc) is 3.04. The van der Waals surface area contributed by atoms with Crippen molar-refractivity contribution >= 4 is 17.7 Å². The lowest BCUT2D eigenvalue weighted by Crippen LogP contribution is -2.30. The number of carbonyl (C=O) groups excluding carboxylic acids is 1. The van der Waals surface area contributed by atoms with Crippen LogP contribution in [0.4, 0.5) is 0 Å². The summed E-state index contributed by atoms with van der Waals surface area (Å²) in [6, 6.07) is 8.45. The Balaban J connectivity index is 1.48. The van der Waals surface area contributed by atoms with E-state index in [1.165, 1.54) is 10.5 Å². The number of amides is 1. The molecule has 2 aromatic rings. The molecule has 1 amide bonds. The van der Waals surface area contributed by atoms with Crippen LogP contribution >= 0.6 is 11.8 Å². The van der Waals surface area contributed by atoms with Crippen molar-refractivity contribution in [2.75, 3.05) is 5.75 Å². The van der Waals surface area contributed by atoms with E-state index >= 15 is 0 Å². The van der Waals surface area contributed by atoms with Crippen LogP contribution in [0.2, 0.25) is 0 Å². The molecule has 128 valence electrons. The standard InChI is InChI=1S/C18H23N3O2S/c1-12(2)18-20-17(23-21-18)9-5-8-16(22)19-14-10-11-24-15-7-4-3-6-13(14)15/h3-4,6-7,12,14H,5,8-11H2,1-2H3,(H,19,22). The Morgan fingerprint density at radius 3 is 3.04 bits per heavy atom. The highest BCUT2D eigenvalue weighted by Gasteiger charge is 2.21. The van der Waals surface area contributed by atoms with E-state index < -0.39 is 0 Å². The van der Waals surface area contributed by atoms with Crippen molar-refractivity contribution in [1.82, 2.24) is 15.5 Å². The number of fused-ring (bicyclic) bond motifs is 1. The fourth-order valence-electron chi connectivity index (χ4n) is 2.76. The molecule has 2 heterocycles. The smallest absolute Gasteiger partial charge is 0.226 e. The van der Waals surface area contributed by atoms with Gasteiger partial charge >= 0.3 is 0 Å². The highest BCUT2D eigenvalue weighted by atomic mass is 32.2. The molecular weight excluding hydrogens is 322 g/mol. The molecule has 1 aliphatic heterocycles. The van der Waals surface area contributed by atoms with Crippen molar-refractivity contribution in [1.29, 1.82) is 0 Å². The molecule has 1 aliphatic rings. The Kier molecular flexibility index (Phi) is 5.56. The van der Waals surface area contributed by atoms with Gasteiger partial charge in [-0.2, -0.15) is 4.98 Å². The van der Waals surface area contributed by atoms with Gasteiger partial charge in [0.2, 0.25) is 11.8 Å². The zero-order valence-electron chi connectivity index (χ0n) is 14.1. The van der Waals surface area contributed by atoms with E-state index in [2.05, 4.69) is 27.6 Å². The molecule has 0 fully saturated rings. The topological polar surface area (TPSA) is 68.0 Å². The van der Waals surface area contributed by atoms with Gasteiger partial charge in [0.1, 0.15) is 0 Å². The minimum absolute atomic E-state index is 0.0882. The first-order chi connectivity index (χ1) is 11.6. The number of aromatic nitrogens is 2. The molecule has 1 unspecified atom stereocenters. The van der Waals surface area contributed by atoms with Crippen LogP contribution in [0.25, 0.3) is 0 Å². The zero-order chi connectivity index (χ0) is 16.9. The molecule has 24 heavy (non-hydrogen) atoms. The van der Waals surface area contributed by atoms with Crippen molar-refractivity contribution in [3.63, 3.8) is 0 Å². The predicted molar refractivity (Wildman–Crippen MR) is 94.0 cm³/mol. The van der Waals surface area contributed by atoms with Crippen molar-refractivity contribution in [3.05, 3.63) is 41.5 Å². The SMILES string of the molecule is CC(C)c1noc(CCCC(=O)NC2CCSc3ccccc32)n1. The summed E-state index contributed by atoms with van der Waals surface area (Å²) in [5, 5.41) is 7.11. The molecule has 0 saturated heterocycles. The van der Waals surface area contributed by atoms with E-state index in [1.54, 1.807) is 0 Å². The summed E-state index contributed by atoms with van der Waals surface area (Å²) in [7, 11) is 0. The monoisotopic (exact) mass is 345 g/mol. The molecule has 0 radical (unpaired) electrons. The minimum atomic E-state index is 0.0882. The van der Waals surface area contributed by atoms with E-state index in [0.717, 1.165) is 18.0 Å². The molecule has 1 N–H and O–H groups in total. The van der Waals surface area contributed by atoms with Gasteiger partial charge in [0.05, 0.1) is 6.04 Å². The quantitative estimate of drug-likeness (QED) is 0.861. The number of nitrogens with zero attached hydrogens (tertiary/aromatic N) is 2. The number of rotatable bonds is 6. The molecule has 0 aliphatic carbocycles. The van der Waals surface area contributed by atoms with Crippen LogP contribution in [0, 0.1) is 0 Å². The van der Waals surface area contributed by atoms with Gasteiger partial charge in [-0.1, -0.05) is 37.2 Å². The van der Waals surface area contributed by atoms with Crippen LogP contribution < -0.4 is 5.32 Å². The van der Waals surface area contributed by atoms with Crippen molar-refractivity contribution < 1.29 is 9.32 Å². The molecular formula is C18H23N3O2S. The summed E-state index contributed by atoms with van der Waals surface area (Å²) in [5.74, 6) is 2.74. The van der Waals surface area contributed by atoms with Gasteiger partial charge in [0.15, 0.2) is 5.82 Å². The normalized spacial score (nSPS) is 16.9. The second kappa shape index (κ2) is 7.83. The van der Waals surface area contributed by atoms with Gasteiger partial charge in [0.25, 0.3) is 0 Å². The van der Waals surface area contributed by atoms with Crippen molar-refractivity contribution in [2.24, 2.45) is 0 Å². The Labute approximate surface area is 146 Å². The van der Waals surface area contributed by atoms with E-state index in [0.29, 0.717) is 25.2 Å². The molecule has 1 atom stereocenters. The van der Waals surface area contributed by atoms with Gasteiger partial charge in [-0.05, 0) is 24.5 Å². The molecule has 3 rings (SSSR count). The van der Waals surface area contributed by atoms with E-state index in [1.807, 2.05) is 37.7 Å². The van der Waals surface area contributed by atoms with E-state index in [4.69, 9.17) is 4.52 Å². The van der Waals surface area contributed by atoms with Crippen LogP contribution in [0.3, 0.4) is 0 Å². The van der Waals surface area contributed by atoms with Gasteiger partial charge in [0, 0.05) is 29.4 Å². The summed E-state index contributed by atoms with van der Waals surface area (Å²) in [5.41, 5.74) is 1.24. The fraction of sp³-hybridized carbons (Fsp3) is 0.500. The maximum atomic E-state index is 12.2. The Morgan fingerprint density at radius 2 is 2.25 bits per heavy atom. The molecule has 5 nitrogen and oxygen atoms in total. The summed E-state index contributed by atoms with van der Waals surface area (Å²) in [6.45, 7) is 4.06. The number of nitrogens with one attached hydrogen (secondary N) is 1. The Hall–Kier alpha value is -1.82. The number of hydrogen-bond acceptors (Lipinski definition) is 5. The summed E-state index contributed by atoms with van der Waals surface area (Å²) in [6.07, 6.45) is 2.82. The predicted octanol–water partition coefficient (Wildman–Crippen LogP) is 3.87. The minimum Gasteiger partial charge on any atom is -0.349 e. The van der Waals surface area contributed by atoms with E-state index in [9.17, 15) is 4.79 Å². The van der Waals surface area contributed by atoms with Crippen LogP contribution in [-0.4, -0.2) is 21.8 Å². The lowest BCUT2D eigenvalue weighted by Gasteiger charge is -2.25. The maximum absolute atomic E-state index is 12.2. The van der Waals surface area contributed by atoms with Gasteiger partial charge < -0.3 is 9.84 Å². The summed E-state index contributed by atoms with van der Waals surface area (Å²) < 4.78 is 5.21. The number of benzene rings is 1.